The molecular formula is C22H22F2N6O4S2. The van der Waals surface area contributed by atoms with Gasteiger partial charge in [0.2, 0.25) is 0 Å². The first-order chi connectivity index (χ1) is 16.8. The van der Waals surface area contributed by atoms with Crippen molar-refractivity contribution in [3.63, 3.8) is 0 Å². The summed E-state index contributed by atoms with van der Waals surface area (Å²) in [6, 6.07) is 7.96. The maximum absolute atomic E-state index is 15.5. The summed E-state index contributed by atoms with van der Waals surface area (Å²) in [5.74, 6) is -1.44. The number of nitrogens with zero attached hydrogens (tertiary/aromatic N) is 6. The highest BCUT2D eigenvalue weighted by Crippen LogP contribution is 2.31. The minimum absolute atomic E-state index is 0.0684. The van der Waals surface area contributed by atoms with Crippen molar-refractivity contribution in [2.24, 2.45) is 0 Å². The van der Waals surface area contributed by atoms with Crippen LogP contribution in [0.2, 0.25) is 0 Å². The summed E-state index contributed by atoms with van der Waals surface area (Å²) in [7, 11) is -2.92. The molecule has 0 aliphatic heterocycles. The lowest BCUT2D eigenvalue weighted by molar-refractivity contribution is 0.504. The molecule has 36 heavy (non-hydrogen) atoms. The summed E-state index contributed by atoms with van der Waals surface area (Å²) in [4.78, 5) is 4.08. The fourth-order valence-electron chi connectivity index (χ4n) is 3.37. The molecule has 0 aliphatic rings. The Labute approximate surface area is 207 Å². The second-order valence-electron chi connectivity index (χ2n) is 8.09. The van der Waals surface area contributed by atoms with Gasteiger partial charge in [-0.15, -0.1) is 4.09 Å². The van der Waals surface area contributed by atoms with E-state index >= 15 is 4.39 Å². The molecule has 0 fully saturated rings. The fourth-order valence-corrected chi connectivity index (χ4v) is 5.22. The van der Waals surface area contributed by atoms with Crippen molar-refractivity contribution in [1.29, 1.82) is 0 Å². The topological polar surface area (TPSA) is 110 Å². The molecule has 0 aliphatic carbocycles. The number of imidazole rings is 1. The van der Waals surface area contributed by atoms with Crippen LogP contribution in [0.4, 0.5) is 8.78 Å². The Bertz CT molecular complexity index is 1690. The van der Waals surface area contributed by atoms with Gasteiger partial charge < -0.3 is 0 Å². The van der Waals surface area contributed by atoms with Gasteiger partial charge in [0.15, 0.2) is 11.6 Å². The van der Waals surface area contributed by atoms with Crippen LogP contribution >= 0.6 is 0 Å². The number of aromatic nitrogens is 4. The van der Waals surface area contributed by atoms with E-state index in [0.717, 1.165) is 18.6 Å². The highest BCUT2D eigenvalue weighted by Gasteiger charge is 2.27. The molecule has 0 saturated carbocycles. The molecule has 4 aromatic rings. The van der Waals surface area contributed by atoms with E-state index in [1.807, 2.05) is 0 Å². The van der Waals surface area contributed by atoms with E-state index in [4.69, 9.17) is 0 Å². The Morgan fingerprint density at radius 3 is 2.14 bits per heavy atom. The van der Waals surface area contributed by atoms with E-state index in [0.29, 0.717) is 9.65 Å². The van der Waals surface area contributed by atoms with Crippen LogP contribution in [0.15, 0.2) is 48.8 Å². The number of halogens is 2. The Hall–Kier alpha value is -3.46. The van der Waals surface area contributed by atoms with Crippen molar-refractivity contribution in [3.05, 3.63) is 71.7 Å². The highest BCUT2D eigenvalue weighted by atomic mass is 32.2. The molecule has 0 N–H and O–H groups in total. The first-order valence-corrected chi connectivity index (χ1v) is 13.2. The zero-order valence-corrected chi connectivity index (χ0v) is 21.3. The van der Waals surface area contributed by atoms with Gasteiger partial charge in [0.1, 0.15) is 11.3 Å². The third kappa shape index (κ3) is 4.43. The van der Waals surface area contributed by atoms with Crippen LogP contribution in [0.1, 0.15) is 11.3 Å². The Balaban J connectivity index is 1.98. The second kappa shape index (κ2) is 9.20. The molecule has 14 heteroatoms. The van der Waals surface area contributed by atoms with Crippen LogP contribution in [0.3, 0.4) is 0 Å². The van der Waals surface area contributed by atoms with Gasteiger partial charge in [-0.1, -0.05) is 18.2 Å². The van der Waals surface area contributed by atoms with Crippen molar-refractivity contribution in [2.45, 2.75) is 0 Å². The molecule has 0 amide bonds. The normalized spacial score (nSPS) is 13.0. The quantitative estimate of drug-likeness (QED) is 0.359. The van der Waals surface area contributed by atoms with Gasteiger partial charge in [-0.05, 0) is 35.9 Å². The van der Waals surface area contributed by atoms with Crippen molar-refractivity contribution in [3.8, 4) is 11.4 Å². The number of benzene rings is 2. The van der Waals surface area contributed by atoms with Gasteiger partial charge in [-0.2, -0.15) is 30.5 Å². The second-order valence-corrected chi connectivity index (χ2v) is 12.1. The average molecular weight is 537 g/mol. The summed E-state index contributed by atoms with van der Waals surface area (Å²) in [5.41, 5.74) is 0.460. The first-order valence-electron chi connectivity index (χ1n) is 10.4. The van der Waals surface area contributed by atoms with Crippen molar-refractivity contribution in [2.75, 3.05) is 28.2 Å². The van der Waals surface area contributed by atoms with Gasteiger partial charge in [0.25, 0.3) is 0 Å². The molecule has 2 heterocycles. The lowest BCUT2D eigenvalue weighted by Gasteiger charge is -2.15. The maximum Gasteiger partial charge on any atom is 0.323 e. The molecule has 2 aromatic carbocycles. The van der Waals surface area contributed by atoms with E-state index in [9.17, 15) is 21.2 Å². The number of fused-ring (bicyclic) bond motifs is 1. The predicted octanol–water partition coefficient (Wildman–Crippen LogP) is 2.66. The van der Waals surface area contributed by atoms with Crippen LogP contribution < -0.4 is 0 Å². The van der Waals surface area contributed by atoms with Crippen LogP contribution in [0.5, 0.6) is 0 Å². The molecule has 0 atom stereocenters. The van der Waals surface area contributed by atoms with E-state index in [-0.39, 0.29) is 28.0 Å². The largest absolute Gasteiger partial charge is 0.323 e. The molecule has 0 radical (unpaired) electrons. The summed E-state index contributed by atoms with van der Waals surface area (Å²) < 4.78 is 83.3. The number of hydrogen-bond acceptors (Lipinski definition) is 6. The Morgan fingerprint density at radius 2 is 1.53 bits per heavy atom. The van der Waals surface area contributed by atoms with Gasteiger partial charge in [-0.25, -0.2) is 17.7 Å². The van der Waals surface area contributed by atoms with Gasteiger partial charge in [0, 0.05) is 51.5 Å². The summed E-state index contributed by atoms with van der Waals surface area (Å²) in [6.45, 7) is 0. The molecule has 0 spiro atoms. The fraction of sp³-hybridized carbons (Fsp3) is 0.182. The van der Waals surface area contributed by atoms with Crippen molar-refractivity contribution < 1.29 is 25.6 Å². The van der Waals surface area contributed by atoms with Crippen molar-refractivity contribution in [1.82, 2.24) is 26.8 Å². The molecule has 4 rings (SSSR count). The predicted molar refractivity (Wildman–Crippen MR) is 132 cm³/mol. The summed E-state index contributed by atoms with van der Waals surface area (Å²) in [5, 5.41) is 4.23. The minimum atomic E-state index is -4.21. The summed E-state index contributed by atoms with van der Waals surface area (Å²) in [6.07, 6.45) is 5.51. The zero-order chi connectivity index (χ0) is 26.4. The lowest BCUT2D eigenvalue weighted by Crippen LogP contribution is -2.30. The highest BCUT2D eigenvalue weighted by molar-refractivity contribution is 7.87. The molecule has 190 valence electrons. The van der Waals surface area contributed by atoms with E-state index in [1.165, 1.54) is 77.0 Å². The zero-order valence-electron chi connectivity index (χ0n) is 19.7. The maximum atomic E-state index is 15.5. The Kier molecular flexibility index (Phi) is 6.55. The van der Waals surface area contributed by atoms with Crippen LogP contribution in [0.25, 0.3) is 34.4 Å². The third-order valence-electron chi connectivity index (χ3n) is 5.29. The third-order valence-corrected chi connectivity index (χ3v) is 8.63. The number of rotatable bonds is 7. The molecule has 10 nitrogen and oxygen atoms in total. The van der Waals surface area contributed by atoms with Crippen LogP contribution in [-0.2, 0) is 20.4 Å². The van der Waals surface area contributed by atoms with Crippen LogP contribution in [-0.4, -0.2) is 71.8 Å². The Morgan fingerprint density at radius 1 is 0.889 bits per heavy atom. The molecule has 0 saturated heterocycles. The van der Waals surface area contributed by atoms with E-state index in [2.05, 4.69) is 10.1 Å². The molecule has 2 aromatic heterocycles. The van der Waals surface area contributed by atoms with Gasteiger partial charge in [-0.3, -0.25) is 0 Å². The molecule has 0 unspecified atom stereocenters. The molecular weight excluding hydrogens is 514 g/mol. The van der Waals surface area contributed by atoms with Gasteiger partial charge in [0.05, 0.1) is 5.69 Å². The van der Waals surface area contributed by atoms with E-state index in [1.54, 1.807) is 6.08 Å². The SMILES string of the molecule is CN(C)S(=O)(=O)n1ccnc1-c1cc(F)c2c(c1)c(C=Cc1ccc(F)cc1)nn2S(=O)(=O)N(C)C. The van der Waals surface area contributed by atoms with Crippen LogP contribution in [0, 0.1) is 11.6 Å². The van der Waals surface area contributed by atoms with E-state index < -0.39 is 32.1 Å². The summed E-state index contributed by atoms with van der Waals surface area (Å²) >= 11 is 0. The first kappa shape index (κ1) is 25.6. The minimum Gasteiger partial charge on any atom is -0.236 e. The smallest absolute Gasteiger partial charge is 0.236 e. The number of hydrogen-bond donors (Lipinski definition) is 0. The van der Waals surface area contributed by atoms with Gasteiger partial charge >= 0.3 is 20.4 Å². The van der Waals surface area contributed by atoms with Crippen molar-refractivity contribution >= 4 is 43.5 Å². The standard InChI is InChI=1S/C22H22F2N6O4S2/c1-27(2)35(31,32)29-12-11-25-22(29)16-13-18-20(10-7-15-5-8-17(23)9-6-15)26-30(21(18)19(24)14-16)36(33,34)28(3)4/h5-14H,1-4H3. The monoisotopic (exact) mass is 536 g/mol. The lowest BCUT2D eigenvalue weighted by atomic mass is 10.1. The molecule has 0 bridgehead atoms. The average Bonchev–Trinajstić information content (AvgIpc) is 3.44.